The molecule has 1 aliphatic rings. The van der Waals surface area contributed by atoms with Crippen LogP contribution in [0.3, 0.4) is 0 Å². The second-order valence-corrected chi connectivity index (χ2v) is 5.11. The lowest BCUT2D eigenvalue weighted by Crippen LogP contribution is -2.55. The Balaban J connectivity index is 2.44. The summed E-state index contributed by atoms with van der Waals surface area (Å²) in [5.41, 5.74) is 5.67. The summed E-state index contributed by atoms with van der Waals surface area (Å²) in [6.45, 7) is 6.02. The number of rotatable bonds is 3. The molecule has 1 fully saturated rings. The van der Waals surface area contributed by atoms with Crippen LogP contribution in [-0.4, -0.2) is 30.8 Å². The van der Waals surface area contributed by atoms with Crippen LogP contribution < -0.4 is 5.73 Å². The second kappa shape index (κ2) is 4.49. The molecule has 0 heterocycles. The molecule has 0 bridgehead atoms. The number of esters is 1. The van der Waals surface area contributed by atoms with E-state index in [9.17, 15) is 4.79 Å². The molecule has 15 heavy (non-hydrogen) atoms. The molecule has 1 rings (SSSR count). The smallest absolute Gasteiger partial charge is 0.305 e. The molecule has 2 N–H and O–H groups in total. The molecule has 3 atom stereocenters. The fourth-order valence-electron chi connectivity index (χ4n) is 1.85. The van der Waals surface area contributed by atoms with Crippen LogP contribution in [0, 0.1) is 5.92 Å². The molecule has 1 aliphatic carbocycles. The highest BCUT2D eigenvalue weighted by atomic mass is 16.5. The predicted octanol–water partition coefficient (Wildman–Crippen LogP) is 1.08. The predicted molar refractivity (Wildman–Crippen MR) is 57.3 cm³/mol. The van der Waals surface area contributed by atoms with Crippen LogP contribution in [0.25, 0.3) is 0 Å². The molecule has 4 nitrogen and oxygen atoms in total. The summed E-state index contributed by atoms with van der Waals surface area (Å²) in [7, 11) is 1.39. The molecule has 0 aliphatic heterocycles. The zero-order valence-electron chi connectivity index (χ0n) is 9.95. The van der Waals surface area contributed by atoms with E-state index < -0.39 is 0 Å². The van der Waals surface area contributed by atoms with Gasteiger partial charge in [0.15, 0.2) is 0 Å². The van der Waals surface area contributed by atoms with Crippen LogP contribution in [0.15, 0.2) is 0 Å². The Morgan fingerprint density at radius 3 is 2.47 bits per heavy atom. The largest absolute Gasteiger partial charge is 0.469 e. The number of carbonyl (C=O) groups is 1. The summed E-state index contributed by atoms with van der Waals surface area (Å²) >= 11 is 0. The molecule has 88 valence electrons. The van der Waals surface area contributed by atoms with E-state index in [0.29, 0.717) is 6.42 Å². The molecule has 0 saturated heterocycles. The maximum Gasteiger partial charge on any atom is 0.305 e. The normalized spacial score (nSPS) is 30.9. The number of methoxy groups -OCH3 is 1. The van der Waals surface area contributed by atoms with Gasteiger partial charge in [-0.2, -0.15) is 0 Å². The van der Waals surface area contributed by atoms with Crippen LogP contribution in [0.4, 0.5) is 0 Å². The van der Waals surface area contributed by atoms with Crippen LogP contribution in [0.1, 0.15) is 33.6 Å². The number of nitrogens with two attached hydrogens (primary N) is 1. The molecule has 0 aromatic carbocycles. The van der Waals surface area contributed by atoms with Crippen molar-refractivity contribution < 1.29 is 14.3 Å². The van der Waals surface area contributed by atoms with E-state index in [1.807, 2.05) is 20.8 Å². The molecule has 4 heteroatoms. The van der Waals surface area contributed by atoms with Crippen molar-refractivity contribution in [2.24, 2.45) is 11.7 Å². The van der Waals surface area contributed by atoms with Gasteiger partial charge >= 0.3 is 5.97 Å². The quantitative estimate of drug-likeness (QED) is 0.716. The monoisotopic (exact) mass is 215 g/mol. The minimum atomic E-state index is -0.211. The molecular weight excluding hydrogens is 194 g/mol. The third kappa shape index (κ3) is 3.47. The Kier molecular flexibility index (Phi) is 3.73. The van der Waals surface area contributed by atoms with Crippen molar-refractivity contribution in [3.05, 3.63) is 0 Å². The van der Waals surface area contributed by atoms with E-state index in [4.69, 9.17) is 10.5 Å². The summed E-state index contributed by atoms with van der Waals surface area (Å²) in [6, 6.07) is 0.0662. The maximum absolute atomic E-state index is 11.1. The first-order valence-corrected chi connectivity index (χ1v) is 5.33. The first kappa shape index (κ1) is 12.5. The Labute approximate surface area is 91.1 Å². The highest BCUT2D eigenvalue weighted by Crippen LogP contribution is 2.35. The van der Waals surface area contributed by atoms with Gasteiger partial charge in [0.1, 0.15) is 0 Å². The molecule has 0 amide bonds. The molecule has 0 aromatic rings. The van der Waals surface area contributed by atoms with Gasteiger partial charge in [0, 0.05) is 12.0 Å². The molecule has 3 unspecified atom stereocenters. The van der Waals surface area contributed by atoms with E-state index in [2.05, 4.69) is 4.74 Å². The van der Waals surface area contributed by atoms with Crippen molar-refractivity contribution >= 4 is 5.97 Å². The van der Waals surface area contributed by atoms with Crippen molar-refractivity contribution in [2.45, 2.75) is 51.4 Å². The van der Waals surface area contributed by atoms with Gasteiger partial charge in [0.05, 0.1) is 25.2 Å². The highest BCUT2D eigenvalue weighted by Gasteiger charge is 2.42. The average Bonchev–Trinajstić information content (AvgIpc) is 2.11. The SMILES string of the molecule is COC(=O)CC1C(N)CC1OC(C)(C)C. The zero-order valence-corrected chi connectivity index (χ0v) is 9.95. The summed E-state index contributed by atoms with van der Waals surface area (Å²) in [6.07, 6.45) is 1.29. The lowest BCUT2D eigenvalue weighted by atomic mass is 9.74. The molecule has 1 saturated carbocycles. The number of hydrogen-bond donors (Lipinski definition) is 1. The van der Waals surface area contributed by atoms with E-state index in [-0.39, 0.29) is 29.6 Å². The van der Waals surface area contributed by atoms with Crippen molar-refractivity contribution in [1.82, 2.24) is 0 Å². The average molecular weight is 215 g/mol. The van der Waals surface area contributed by atoms with Crippen molar-refractivity contribution in [2.75, 3.05) is 7.11 Å². The molecule has 0 radical (unpaired) electrons. The molecule has 0 aromatic heterocycles. The Morgan fingerprint density at radius 2 is 2.07 bits per heavy atom. The lowest BCUT2D eigenvalue weighted by Gasteiger charge is -2.44. The van der Waals surface area contributed by atoms with Gasteiger partial charge in [-0.3, -0.25) is 4.79 Å². The fourth-order valence-corrected chi connectivity index (χ4v) is 1.85. The number of carbonyl (C=O) groups excluding carboxylic acids is 1. The van der Waals surface area contributed by atoms with Crippen LogP contribution >= 0.6 is 0 Å². The van der Waals surface area contributed by atoms with Gasteiger partial charge in [0.2, 0.25) is 0 Å². The lowest BCUT2D eigenvalue weighted by molar-refractivity contribution is -0.157. The van der Waals surface area contributed by atoms with E-state index in [1.54, 1.807) is 0 Å². The summed E-state index contributed by atoms with van der Waals surface area (Å²) < 4.78 is 10.4. The summed E-state index contributed by atoms with van der Waals surface area (Å²) in [4.78, 5) is 11.1. The van der Waals surface area contributed by atoms with E-state index >= 15 is 0 Å². The van der Waals surface area contributed by atoms with Gasteiger partial charge in [0.25, 0.3) is 0 Å². The number of hydrogen-bond acceptors (Lipinski definition) is 4. The van der Waals surface area contributed by atoms with Gasteiger partial charge < -0.3 is 15.2 Å². The van der Waals surface area contributed by atoms with E-state index in [1.165, 1.54) is 7.11 Å². The van der Waals surface area contributed by atoms with Gasteiger partial charge in [-0.15, -0.1) is 0 Å². The summed E-state index contributed by atoms with van der Waals surface area (Å²) in [5, 5.41) is 0. The maximum atomic E-state index is 11.1. The Bertz CT molecular complexity index is 234. The minimum Gasteiger partial charge on any atom is -0.469 e. The third-order valence-corrected chi connectivity index (χ3v) is 2.67. The summed E-state index contributed by atoms with van der Waals surface area (Å²) in [5.74, 6) is -0.102. The Hall–Kier alpha value is -0.610. The van der Waals surface area contributed by atoms with Gasteiger partial charge in [-0.1, -0.05) is 0 Å². The topological polar surface area (TPSA) is 61.5 Å². The zero-order chi connectivity index (χ0) is 11.6. The van der Waals surface area contributed by atoms with Gasteiger partial charge in [-0.25, -0.2) is 0 Å². The first-order valence-electron chi connectivity index (χ1n) is 5.33. The molecule has 0 spiro atoms. The van der Waals surface area contributed by atoms with Crippen LogP contribution in [0.2, 0.25) is 0 Å². The Morgan fingerprint density at radius 1 is 1.47 bits per heavy atom. The van der Waals surface area contributed by atoms with Crippen molar-refractivity contribution in [1.29, 1.82) is 0 Å². The second-order valence-electron chi connectivity index (χ2n) is 5.11. The van der Waals surface area contributed by atoms with Crippen LogP contribution in [-0.2, 0) is 14.3 Å². The van der Waals surface area contributed by atoms with Crippen LogP contribution in [0.5, 0.6) is 0 Å². The van der Waals surface area contributed by atoms with E-state index in [0.717, 1.165) is 6.42 Å². The molecular formula is C11H21NO3. The minimum absolute atomic E-state index is 0.0662. The first-order chi connectivity index (χ1) is 6.83. The third-order valence-electron chi connectivity index (χ3n) is 2.67. The highest BCUT2D eigenvalue weighted by molar-refractivity contribution is 5.69. The van der Waals surface area contributed by atoms with Gasteiger partial charge in [-0.05, 0) is 27.2 Å². The fraction of sp³-hybridized carbons (Fsp3) is 0.909. The van der Waals surface area contributed by atoms with Crippen molar-refractivity contribution in [3.8, 4) is 0 Å². The number of ether oxygens (including phenoxy) is 2. The standard InChI is InChI=1S/C11H21NO3/c1-11(2,3)15-9-6-8(12)7(9)5-10(13)14-4/h7-9H,5-6,12H2,1-4H3. The van der Waals surface area contributed by atoms with Crippen molar-refractivity contribution in [3.63, 3.8) is 0 Å².